The molecule has 6 heteroatoms. The zero-order valence-corrected chi connectivity index (χ0v) is 18.3. The predicted octanol–water partition coefficient (Wildman–Crippen LogP) is 5.68. The van der Waals surface area contributed by atoms with Gasteiger partial charge in [0, 0.05) is 31.0 Å². The largest absolute Gasteiger partial charge is 0.424 e. The van der Waals surface area contributed by atoms with Gasteiger partial charge in [-0.25, -0.2) is 9.97 Å². The minimum absolute atomic E-state index is 0.397. The summed E-state index contributed by atoms with van der Waals surface area (Å²) in [4.78, 5) is 11.0. The van der Waals surface area contributed by atoms with Crippen molar-refractivity contribution in [1.82, 2.24) is 15.1 Å². The van der Waals surface area contributed by atoms with E-state index in [-0.39, 0.29) is 0 Å². The Morgan fingerprint density at radius 2 is 1.97 bits per heavy atom. The quantitative estimate of drug-likeness (QED) is 0.533. The average molecular weight is 417 g/mol. The summed E-state index contributed by atoms with van der Waals surface area (Å²) < 4.78 is 11.5. The number of benzene rings is 1. The Balaban J connectivity index is 1.27. The van der Waals surface area contributed by atoms with Crippen LogP contribution in [0.4, 0.5) is 5.88 Å². The second-order valence-electron chi connectivity index (χ2n) is 8.76. The molecule has 1 atom stereocenters. The highest BCUT2D eigenvalue weighted by atomic mass is 16.5. The van der Waals surface area contributed by atoms with Gasteiger partial charge in [-0.1, -0.05) is 35.9 Å². The number of ether oxygens (including phenoxy) is 1. The number of rotatable bonds is 5. The maximum atomic E-state index is 5.90. The van der Waals surface area contributed by atoms with Crippen LogP contribution in [-0.4, -0.2) is 28.2 Å². The molecule has 0 spiro atoms. The van der Waals surface area contributed by atoms with Crippen LogP contribution < -0.4 is 9.64 Å². The topological polar surface area (TPSA) is 64.3 Å². The molecule has 6 nitrogen and oxygen atoms in total. The highest BCUT2D eigenvalue weighted by Gasteiger charge is 2.25. The van der Waals surface area contributed by atoms with Crippen LogP contribution in [0.2, 0.25) is 0 Å². The number of nitrogens with zero attached hydrogens (tertiary/aromatic N) is 4. The van der Waals surface area contributed by atoms with E-state index in [1.165, 1.54) is 24.0 Å². The van der Waals surface area contributed by atoms with Crippen molar-refractivity contribution in [1.29, 1.82) is 0 Å². The number of piperidine rings is 1. The van der Waals surface area contributed by atoms with Gasteiger partial charge in [-0.2, -0.15) is 0 Å². The first-order chi connectivity index (χ1) is 15.1. The Bertz CT molecular complexity index is 1100. The lowest BCUT2D eigenvalue weighted by Crippen LogP contribution is -2.35. The molecule has 2 aromatic heterocycles. The zero-order valence-electron chi connectivity index (χ0n) is 18.3. The Morgan fingerprint density at radius 1 is 1.16 bits per heavy atom. The molecule has 1 saturated carbocycles. The molecule has 1 aliphatic heterocycles. The van der Waals surface area contributed by atoms with Crippen molar-refractivity contribution in [3.05, 3.63) is 64.6 Å². The smallest absolute Gasteiger partial charge is 0.321 e. The maximum absolute atomic E-state index is 5.90. The third kappa shape index (κ3) is 4.33. The Morgan fingerprint density at radius 3 is 2.65 bits per heavy atom. The molecular formula is C25H28N4O2. The van der Waals surface area contributed by atoms with Gasteiger partial charge in [0.15, 0.2) is 0 Å². The molecule has 2 fully saturated rings. The second-order valence-corrected chi connectivity index (χ2v) is 8.76. The first-order valence-corrected chi connectivity index (χ1v) is 11.0. The van der Waals surface area contributed by atoms with Crippen LogP contribution in [0, 0.1) is 19.8 Å². The monoisotopic (exact) mass is 416 g/mol. The fourth-order valence-corrected chi connectivity index (χ4v) is 4.14. The van der Waals surface area contributed by atoms with Gasteiger partial charge < -0.3 is 14.2 Å². The van der Waals surface area contributed by atoms with Gasteiger partial charge in [0.2, 0.25) is 5.88 Å². The molecule has 1 saturated heterocycles. The minimum atomic E-state index is 0.397. The first kappa shape index (κ1) is 19.8. The molecule has 0 N–H and O–H groups in total. The average Bonchev–Trinajstić information content (AvgIpc) is 3.56. The Kier molecular flexibility index (Phi) is 5.22. The van der Waals surface area contributed by atoms with Gasteiger partial charge in [-0.3, -0.25) is 0 Å². The van der Waals surface area contributed by atoms with E-state index in [0.717, 1.165) is 48.0 Å². The number of aryl methyl sites for hydroxylation is 1. The highest BCUT2D eigenvalue weighted by molar-refractivity contribution is 5.57. The molecule has 0 amide bonds. The van der Waals surface area contributed by atoms with Crippen molar-refractivity contribution in [3.8, 4) is 11.8 Å². The summed E-state index contributed by atoms with van der Waals surface area (Å²) in [5, 5.41) is 4.11. The van der Waals surface area contributed by atoms with E-state index in [2.05, 4.69) is 46.0 Å². The molecular weight excluding hydrogens is 388 g/mol. The van der Waals surface area contributed by atoms with Gasteiger partial charge in [0.25, 0.3) is 0 Å². The minimum Gasteiger partial charge on any atom is -0.424 e. The molecule has 0 bridgehead atoms. The summed E-state index contributed by atoms with van der Waals surface area (Å²) in [6.07, 6.45) is 9.54. The van der Waals surface area contributed by atoms with Crippen molar-refractivity contribution in [2.24, 2.45) is 5.92 Å². The lowest BCUT2D eigenvalue weighted by molar-refractivity contribution is 0.399. The van der Waals surface area contributed by atoms with Crippen molar-refractivity contribution in [3.63, 3.8) is 0 Å². The number of hydrogen-bond acceptors (Lipinski definition) is 6. The van der Waals surface area contributed by atoms with Gasteiger partial charge in [0.05, 0.1) is 5.69 Å². The van der Waals surface area contributed by atoms with E-state index in [1.54, 1.807) is 0 Å². The summed E-state index contributed by atoms with van der Waals surface area (Å²) in [5.74, 6) is 2.74. The molecule has 2 aliphatic rings. The summed E-state index contributed by atoms with van der Waals surface area (Å²) in [5.41, 5.74) is 5.88. The second kappa shape index (κ2) is 8.17. The van der Waals surface area contributed by atoms with Crippen molar-refractivity contribution < 1.29 is 9.26 Å². The van der Waals surface area contributed by atoms with E-state index in [4.69, 9.17) is 9.26 Å². The van der Waals surface area contributed by atoms with Crippen molar-refractivity contribution in [2.75, 3.05) is 18.0 Å². The van der Waals surface area contributed by atoms with E-state index in [9.17, 15) is 0 Å². The Labute approximate surface area is 183 Å². The summed E-state index contributed by atoms with van der Waals surface area (Å²) in [6.45, 7) is 8.20. The van der Waals surface area contributed by atoms with Gasteiger partial charge in [0.1, 0.15) is 5.75 Å². The van der Waals surface area contributed by atoms with Crippen molar-refractivity contribution in [2.45, 2.75) is 46.0 Å². The molecule has 3 aromatic rings. The SMILES string of the molecule is Cc1noc(N2CCC(=Cc3cccc(Oc4ncc(C5CC5)cn4)c3)C(C)C2)c1C. The van der Waals surface area contributed by atoms with E-state index < -0.39 is 0 Å². The fourth-order valence-electron chi connectivity index (χ4n) is 4.14. The van der Waals surface area contributed by atoms with Gasteiger partial charge >= 0.3 is 6.01 Å². The van der Waals surface area contributed by atoms with Crippen LogP contribution in [0.3, 0.4) is 0 Å². The molecule has 5 rings (SSSR count). The van der Waals surface area contributed by atoms with Gasteiger partial charge in [-0.05, 0) is 68.2 Å². The van der Waals surface area contributed by atoms with Crippen LogP contribution in [0.1, 0.15) is 54.5 Å². The van der Waals surface area contributed by atoms with E-state index in [1.807, 2.05) is 37.5 Å². The van der Waals surface area contributed by atoms with Crippen LogP contribution in [0.5, 0.6) is 11.8 Å². The summed E-state index contributed by atoms with van der Waals surface area (Å²) in [6, 6.07) is 8.52. The zero-order chi connectivity index (χ0) is 21.4. The third-order valence-corrected chi connectivity index (χ3v) is 6.33. The van der Waals surface area contributed by atoms with E-state index in [0.29, 0.717) is 17.8 Å². The van der Waals surface area contributed by atoms with Crippen LogP contribution >= 0.6 is 0 Å². The molecule has 3 heterocycles. The normalized spacial score (nSPS) is 20.3. The third-order valence-electron chi connectivity index (χ3n) is 6.33. The molecule has 1 aromatic carbocycles. The lowest BCUT2D eigenvalue weighted by atomic mass is 9.91. The number of hydrogen-bond donors (Lipinski definition) is 0. The van der Waals surface area contributed by atoms with Crippen molar-refractivity contribution >= 4 is 12.0 Å². The Hall–Kier alpha value is -3.15. The standard InChI is InChI=1S/C25H28N4O2/c1-16-15-29(24-17(2)18(3)28-31-24)10-9-21(16)11-19-5-4-6-23(12-19)30-25-26-13-22(14-27-25)20-7-8-20/h4-6,11-14,16,20H,7-10,15H2,1-3H3. The molecule has 1 unspecified atom stereocenters. The lowest BCUT2D eigenvalue weighted by Gasteiger charge is -2.33. The molecule has 0 radical (unpaired) electrons. The first-order valence-electron chi connectivity index (χ1n) is 11.0. The van der Waals surface area contributed by atoms with Crippen LogP contribution in [-0.2, 0) is 0 Å². The fraction of sp³-hybridized carbons (Fsp3) is 0.400. The van der Waals surface area contributed by atoms with Gasteiger partial charge in [-0.15, -0.1) is 0 Å². The predicted molar refractivity (Wildman–Crippen MR) is 120 cm³/mol. The molecule has 160 valence electrons. The number of anilines is 1. The van der Waals surface area contributed by atoms with Crippen LogP contribution in [0.25, 0.3) is 6.08 Å². The van der Waals surface area contributed by atoms with Crippen LogP contribution in [0.15, 0.2) is 46.8 Å². The van der Waals surface area contributed by atoms with E-state index >= 15 is 0 Å². The summed E-state index contributed by atoms with van der Waals surface area (Å²) >= 11 is 0. The molecule has 31 heavy (non-hydrogen) atoms. The maximum Gasteiger partial charge on any atom is 0.321 e. The summed E-state index contributed by atoms with van der Waals surface area (Å²) in [7, 11) is 0. The number of aromatic nitrogens is 3. The highest BCUT2D eigenvalue weighted by Crippen LogP contribution is 2.39. The molecule has 1 aliphatic carbocycles.